The van der Waals surface area contributed by atoms with Crippen molar-refractivity contribution in [2.75, 3.05) is 6.61 Å². The van der Waals surface area contributed by atoms with Gasteiger partial charge in [-0.3, -0.25) is 4.79 Å². The Kier molecular flexibility index (Phi) is 8.10. The molecule has 7 heteroatoms. The molecule has 3 aromatic rings. The highest BCUT2D eigenvalue weighted by molar-refractivity contribution is 14.1. The summed E-state index contributed by atoms with van der Waals surface area (Å²) in [6.07, 6.45) is 1.57. The van der Waals surface area contributed by atoms with Crippen molar-refractivity contribution in [1.82, 2.24) is 5.43 Å². The van der Waals surface area contributed by atoms with Crippen LogP contribution in [0, 0.1) is 3.57 Å². The molecule has 0 aliphatic carbocycles. The molecule has 5 nitrogen and oxygen atoms in total. The van der Waals surface area contributed by atoms with Gasteiger partial charge < -0.3 is 9.47 Å². The summed E-state index contributed by atoms with van der Waals surface area (Å²) in [5.41, 5.74) is 4.86. The zero-order valence-electron chi connectivity index (χ0n) is 16.3. The van der Waals surface area contributed by atoms with Crippen molar-refractivity contribution >= 4 is 46.3 Å². The Balaban J connectivity index is 1.64. The minimum atomic E-state index is -0.268. The van der Waals surface area contributed by atoms with E-state index in [1.54, 1.807) is 18.3 Å². The molecule has 1 N–H and O–H groups in total. The molecule has 0 heterocycles. The first-order valence-corrected chi connectivity index (χ1v) is 10.7. The topological polar surface area (TPSA) is 59.9 Å². The molecule has 0 spiro atoms. The number of hydrogen-bond acceptors (Lipinski definition) is 4. The highest BCUT2D eigenvalue weighted by Gasteiger charge is 2.07. The number of hydrazone groups is 1. The maximum absolute atomic E-state index is 12.1. The summed E-state index contributed by atoms with van der Waals surface area (Å²) in [4.78, 5) is 12.1. The molecule has 0 aromatic heterocycles. The Bertz CT molecular complexity index is 1020. The van der Waals surface area contributed by atoms with Crippen LogP contribution in [0.4, 0.5) is 0 Å². The highest BCUT2D eigenvalue weighted by Crippen LogP contribution is 2.29. The molecule has 3 rings (SSSR count). The minimum Gasteiger partial charge on any atom is -0.490 e. The number of carbonyl (C=O) groups is 1. The van der Waals surface area contributed by atoms with Gasteiger partial charge in [-0.15, -0.1) is 0 Å². The van der Waals surface area contributed by atoms with Gasteiger partial charge in [0.1, 0.15) is 6.61 Å². The predicted octanol–water partition coefficient (Wildman–Crippen LogP) is 5.69. The van der Waals surface area contributed by atoms with Crippen LogP contribution in [0.2, 0.25) is 5.02 Å². The Morgan fingerprint density at radius 1 is 1.03 bits per heavy atom. The second-order valence-electron chi connectivity index (χ2n) is 6.26. The molecule has 30 heavy (non-hydrogen) atoms. The van der Waals surface area contributed by atoms with Crippen molar-refractivity contribution in [3.8, 4) is 11.5 Å². The lowest BCUT2D eigenvalue weighted by Crippen LogP contribution is -2.17. The van der Waals surface area contributed by atoms with Crippen LogP contribution in [-0.2, 0) is 6.61 Å². The van der Waals surface area contributed by atoms with Gasteiger partial charge >= 0.3 is 0 Å². The summed E-state index contributed by atoms with van der Waals surface area (Å²) < 4.78 is 12.7. The number of ether oxygens (including phenoxy) is 2. The normalized spacial score (nSPS) is 10.8. The molecule has 1 amide bonds. The molecule has 0 radical (unpaired) electrons. The molecule has 0 atom stereocenters. The largest absolute Gasteiger partial charge is 0.490 e. The Morgan fingerprint density at radius 3 is 2.47 bits per heavy atom. The molecule has 3 aromatic carbocycles. The van der Waals surface area contributed by atoms with Crippen molar-refractivity contribution in [1.29, 1.82) is 0 Å². The Hall–Kier alpha value is -2.58. The monoisotopic (exact) mass is 534 g/mol. The van der Waals surface area contributed by atoms with E-state index in [2.05, 4.69) is 33.1 Å². The number of amides is 1. The lowest BCUT2D eigenvalue weighted by molar-refractivity contribution is 0.0955. The van der Waals surface area contributed by atoms with Crippen molar-refractivity contribution in [3.05, 3.63) is 92.0 Å². The number of carbonyl (C=O) groups excluding carboxylic acids is 1. The fourth-order valence-electron chi connectivity index (χ4n) is 2.57. The van der Waals surface area contributed by atoms with E-state index in [4.69, 9.17) is 21.1 Å². The van der Waals surface area contributed by atoms with Crippen LogP contribution in [-0.4, -0.2) is 18.7 Å². The van der Waals surface area contributed by atoms with Crippen molar-refractivity contribution < 1.29 is 14.3 Å². The molecule has 0 bridgehead atoms. The third-order valence-electron chi connectivity index (χ3n) is 4.06. The number of halogens is 2. The number of rotatable bonds is 8. The first kappa shape index (κ1) is 22.1. The smallest absolute Gasteiger partial charge is 0.271 e. The molecular formula is C23H20ClIN2O3. The van der Waals surface area contributed by atoms with E-state index in [1.807, 2.05) is 61.5 Å². The van der Waals surface area contributed by atoms with Crippen LogP contribution in [0.3, 0.4) is 0 Å². The van der Waals surface area contributed by atoms with Gasteiger partial charge in [-0.1, -0.05) is 23.7 Å². The quantitative estimate of drug-likeness (QED) is 0.230. The number of nitrogens with zero attached hydrogens (tertiary/aromatic N) is 1. The second-order valence-corrected chi connectivity index (χ2v) is 7.94. The van der Waals surface area contributed by atoms with E-state index in [0.29, 0.717) is 35.3 Å². The lowest BCUT2D eigenvalue weighted by Gasteiger charge is -2.12. The second kappa shape index (κ2) is 11.0. The molecular weight excluding hydrogens is 515 g/mol. The summed E-state index contributed by atoms with van der Waals surface area (Å²) in [5.74, 6) is 0.974. The number of benzene rings is 3. The fourth-order valence-corrected chi connectivity index (χ4v) is 3.05. The van der Waals surface area contributed by atoms with Crippen LogP contribution in [0.5, 0.6) is 11.5 Å². The molecule has 0 aliphatic rings. The maximum atomic E-state index is 12.1. The summed E-state index contributed by atoms with van der Waals surface area (Å²) in [6, 6.07) is 20.2. The molecule has 0 aliphatic heterocycles. The van der Waals surface area contributed by atoms with Gasteiger partial charge in [-0.05, 0) is 95.2 Å². The third kappa shape index (κ3) is 6.47. The maximum Gasteiger partial charge on any atom is 0.271 e. The molecule has 0 saturated carbocycles. The molecule has 0 saturated heterocycles. The summed E-state index contributed by atoms with van der Waals surface area (Å²) in [7, 11) is 0. The minimum absolute atomic E-state index is 0.268. The van der Waals surface area contributed by atoms with Gasteiger partial charge in [0, 0.05) is 14.2 Å². The van der Waals surface area contributed by atoms with Crippen molar-refractivity contribution in [3.63, 3.8) is 0 Å². The molecule has 0 fully saturated rings. The van der Waals surface area contributed by atoms with E-state index in [0.717, 1.165) is 14.7 Å². The van der Waals surface area contributed by atoms with Gasteiger partial charge in [0.25, 0.3) is 5.91 Å². The summed E-state index contributed by atoms with van der Waals surface area (Å²) in [5, 5.41) is 4.72. The zero-order valence-corrected chi connectivity index (χ0v) is 19.2. The van der Waals surface area contributed by atoms with Gasteiger partial charge in [0.2, 0.25) is 0 Å². The van der Waals surface area contributed by atoms with Crippen LogP contribution in [0.15, 0.2) is 71.8 Å². The lowest BCUT2D eigenvalue weighted by atomic mass is 10.2. The first-order valence-electron chi connectivity index (χ1n) is 9.28. The highest BCUT2D eigenvalue weighted by atomic mass is 127. The van der Waals surface area contributed by atoms with Crippen molar-refractivity contribution in [2.45, 2.75) is 13.5 Å². The zero-order chi connectivity index (χ0) is 21.3. The van der Waals surface area contributed by atoms with E-state index < -0.39 is 0 Å². The SMILES string of the molecule is CCOc1cc(/C=N\NC(=O)c2ccc(I)cc2)ccc1OCc1ccc(Cl)cc1. The average Bonchev–Trinajstić information content (AvgIpc) is 2.75. The van der Waals surface area contributed by atoms with Crippen LogP contribution < -0.4 is 14.9 Å². The van der Waals surface area contributed by atoms with Crippen molar-refractivity contribution in [2.24, 2.45) is 5.10 Å². The van der Waals surface area contributed by atoms with Crippen LogP contribution in [0.25, 0.3) is 0 Å². The van der Waals surface area contributed by atoms with E-state index in [-0.39, 0.29) is 5.91 Å². The van der Waals surface area contributed by atoms with E-state index in [1.165, 1.54) is 0 Å². The van der Waals surface area contributed by atoms with Gasteiger partial charge in [0.05, 0.1) is 12.8 Å². The van der Waals surface area contributed by atoms with E-state index in [9.17, 15) is 4.79 Å². The van der Waals surface area contributed by atoms with Gasteiger partial charge in [-0.25, -0.2) is 5.43 Å². The summed E-state index contributed by atoms with van der Waals surface area (Å²) in [6.45, 7) is 2.81. The standard InChI is InChI=1S/C23H20ClIN2O3/c1-2-29-22-13-17(14-26-27-23(28)18-6-10-20(25)11-7-18)5-12-21(22)30-15-16-3-8-19(24)9-4-16/h3-14H,2,15H2,1H3,(H,27,28)/b26-14-. The van der Waals surface area contributed by atoms with Crippen LogP contribution >= 0.6 is 34.2 Å². The van der Waals surface area contributed by atoms with Crippen LogP contribution in [0.1, 0.15) is 28.4 Å². The van der Waals surface area contributed by atoms with Gasteiger partial charge in [-0.2, -0.15) is 5.10 Å². The average molecular weight is 535 g/mol. The molecule has 0 unspecified atom stereocenters. The first-order chi connectivity index (χ1) is 14.5. The number of nitrogens with one attached hydrogen (secondary N) is 1. The van der Waals surface area contributed by atoms with E-state index >= 15 is 0 Å². The summed E-state index contributed by atoms with van der Waals surface area (Å²) >= 11 is 8.11. The molecule has 154 valence electrons. The van der Waals surface area contributed by atoms with Gasteiger partial charge in [0.15, 0.2) is 11.5 Å². The third-order valence-corrected chi connectivity index (χ3v) is 5.03. The Labute approximate surface area is 194 Å². The predicted molar refractivity (Wildman–Crippen MR) is 128 cm³/mol. The Morgan fingerprint density at radius 2 is 1.77 bits per heavy atom. The number of hydrogen-bond donors (Lipinski definition) is 1. The fraction of sp³-hybridized carbons (Fsp3) is 0.130.